The fourth-order valence-electron chi connectivity index (χ4n) is 2.37. The first kappa shape index (κ1) is 15.7. The third-order valence-corrected chi connectivity index (χ3v) is 6.38. The molecule has 0 aliphatic heterocycles. The van der Waals surface area contributed by atoms with Crippen LogP contribution in [0.4, 0.5) is 0 Å². The zero-order valence-electron chi connectivity index (χ0n) is 12.7. The molecule has 3 heteroatoms. The molecule has 0 saturated carbocycles. The first-order valence-electron chi connectivity index (χ1n) is 7.31. The highest BCUT2D eigenvalue weighted by Crippen LogP contribution is 2.20. The minimum atomic E-state index is -1.92. The molecule has 0 aromatic heterocycles. The van der Waals surface area contributed by atoms with Gasteiger partial charge in [-0.05, 0) is 23.8 Å². The highest BCUT2D eigenvalue weighted by atomic mass is 28.4. The summed E-state index contributed by atoms with van der Waals surface area (Å²) in [4.78, 5) is 10.9. The van der Waals surface area contributed by atoms with Crippen molar-refractivity contribution in [3.8, 4) is 0 Å². The monoisotopic (exact) mass is 298 g/mol. The van der Waals surface area contributed by atoms with E-state index in [4.69, 9.17) is 4.43 Å². The average Bonchev–Trinajstić information content (AvgIpc) is 2.53. The van der Waals surface area contributed by atoms with E-state index in [1.807, 2.05) is 36.4 Å². The van der Waals surface area contributed by atoms with E-state index in [0.717, 1.165) is 6.29 Å². The highest BCUT2D eigenvalue weighted by Gasteiger charge is 2.26. The van der Waals surface area contributed by atoms with Crippen molar-refractivity contribution in [2.45, 2.75) is 25.4 Å². The number of hydrogen-bond acceptors (Lipinski definition) is 2. The first-order valence-corrected chi connectivity index (χ1v) is 10.2. The maximum absolute atomic E-state index is 10.9. The summed E-state index contributed by atoms with van der Waals surface area (Å²) in [7, 11) is -1.92. The van der Waals surface area contributed by atoms with E-state index in [2.05, 4.69) is 37.4 Å². The molecule has 0 aliphatic carbocycles. The molecule has 2 aromatic carbocycles. The largest absolute Gasteiger partial charge is 0.412 e. The van der Waals surface area contributed by atoms with Gasteiger partial charge in [0.15, 0.2) is 0 Å². The Hall–Kier alpha value is -1.71. The Labute approximate surface area is 127 Å². The van der Waals surface area contributed by atoms with E-state index in [1.54, 1.807) is 0 Å². The summed E-state index contributed by atoms with van der Waals surface area (Å²) in [5.41, 5.74) is 1.17. The van der Waals surface area contributed by atoms with E-state index >= 15 is 0 Å². The average molecular weight is 298 g/mol. The number of rotatable bonds is 7. The molecular formula is C18H22O2Si. The van der Waals surface area contributed by atoms with Gasteiger partial charge in [-0.3, -0.25) is 0 Å². The molecule has 2 rings (SSSR count). The molecule has 0 heterocycles. The van der Waals surface area contributed by atoms with Gasteiger partial charge < -0.3 is 9.22 Å². The molecule has 110 valence electrons. The molecule has 0 saturated heterocycles. The SMILES string of the molecule is C[Si](C)(OCC(CC=O)c1ccccc1)c1ccccc1. The fourth-order valence-corrected chi connectivity index (χ4v) is 4.15. The van der Waals surface area contributed by atoms with Gasteiger partial charge in [0.25, 0.3) is 0 Å². The van der Waals surface area contributed by atoms with E-state index < -0.39 is 8.32 Å². The lowest BCUT2D eigenvalue weighted by Gasteiger charge is -2.26. The molecule has 0 N–H and O–H groups in total. The number of hydrogen-bond donors (Lipinski definition) is 0. The zero-order chi connectivity index (χ0) is 15.1. The van der Waals surface area contributed by atoms with Crippen LogP contribution < -0.4 is 5.19 Å². The second kappa shape index (κ2) is 7.34. The lowest BCUT2D eigenvalue weighted by Crippen LogP contribution is -2.45. The molecule has 0 amide bonds. The number of carbonyl (C=O) groups excluding carboxylic acids is 1. The Kier molecular flexibility index (Phi) is 5.48. The zero-order valence-corrected chi connectivity index (χ0v) is 13.7. The van der Waals surface area contributed by atoms with Gasteiger partial charge in [0.2, 0.25) is 8.32 Å². The second-order valence-corrected chi connectivity index (χ2v) is 9.58. The van der Waals surface area contributed by atoms with Crippen molar-refractivity contribution >= 4 is 19.8 Å². The minimum absolute atomic E-state index is 0.138. The Bertz CT molecular complexity index is 552. The van der Waals surface area contributed by atoms with Crippen LogP contribution >= 0.6 is 0 Å². The first-order chi connectivity index (χ1) is 10.1. The van der Waals surface area contributed by atoms with E-state index in [-0.39, 0.29) is 5.92 Å². The number of carbonyl (C=O) groups is 1. The third-order valence-electron chi connectivity index (χ3n) is 3.77. The predicted molar refractivity (Wildman–Crippen MR) is 89.4 cm³/mol. The van der Waals surface area contributed by atoms with Gasteiger partial charge in [-0.1, -0.05) is 60.7 Å². The van der Waals surface area contributed by atoms with Crippen LogP contribution in [0.2, 0.25) is 13.1 Å². The molecule has 21 heavy (non-hydrogen) atoms. The Balaban J connectivity index is 2.07. The molecule has 0 fully saturated rings. The van der Waals surface area contributed by atoms with Gasteiger partial charge in [0, 0.05) is 18.9 Å². The topological polar surface area (TPSA) is 26.3 Å². The van der Waals surface area contributed by atoms with Crippen LogP contribution in [0.1, 0.15) is 17.9 Å². The maximum atomic E-state index is 10.9. The van der Waals surface area contributed by atoms with Crippen molar-refractivity contribution in [1.82, 2.24) is 0 Å². The Morgan fingerprint density at radius 2 is 1.57 bits per heavy atom. The molecule has 2 nitrogen and oxygen atoms in total. The van der Waals surface area contributed by atoms with Crippen molar-refractivity contribution in [2.75, 3.05) is 6.61 Å². The molecule has 0 bridgehead atoms. The number of aldehydes is 1. The summed E-state index contributed by atoms with van der Waals surface area (Å²) < 4.78 is 6.26. The van der Waals surface area contributed by atoms with Crippen LogP contribution in [0.25, 0.3) is 0 Å². The maximum Gasteiger partial charge on any atom is 0.218 e. The van der Waals surface area contributed by atoms with E-state index in [0.29, 0.717) is 13.0 Å². The van der Waals surface area contributed by atoms with Crippen molar-refractivity contribution < 1.29 is 9.22 Å². The van der Waals surface area contributed by atoms with Crippen LogP contribution in [0.3, 0.4) is 0 Å². The predicted octanol–water partition coefficient (Wildman–Crippen LogP) is 3.49. The summed E-state index contributed by atoms with van der Waals surface area (Å²) in [6.45, 7) is 4.99. The molecule has 0 aliphatic rings. The summed E-state index contributed by atoms with van der Waals surface area (Å²) in [6.07, 6.45) is 1.49. The Morgan fingerprint density at radius 1 is 1.00 bits per heavy atom. The van der Waals surface area contributed by atoms with Crippen LogP contribution in [-0.4, -0.2) is 21.2 Å². The van der Waals surface area contributed by atoms with Crippen LogP contribution in [0, 0.1) is 0 Å². The van der Waals surface area contributed by atoms with E-state index in [1.165, 1.54) is 10.8 Å². The van der Waals surface area contributed by atoms with E-state index in [9.17, 15) is 4.79 Å². The lowest BCUT2D eigenvalue weighted by atomic mass is 9.97. The standard InChI is InChI=1S/C18H22O2Si/c1-21(2,18-11-7-4-8-12-18)20-15-17(13-14-19)16-9-5-3-6-10-16/h3-12,14,17H,13,15H2,1-2H3. The van der Waals surface area contributed by atoms with Crippen LogP contribution in [0.15, 0.2) is 60.7 Å². The molecule has 0 spiro atoms. The van der Waals surface area contributed by atoms with Crippen molar-refractivity contribution in [3.63, 3.8) is 0 Å². The lowest BCUT2D eigenvalue weighted by molar-refractivity contribution is -0.108. The smallest absolute Gasteiger partial charge is 0.218 e. The van der Waals surface area contributed by atoms with Crippen molar-refractivity contribution in [2.24, 2.45) is 0 Å². The fraction of sp³-hybridized carbons (Fsp3) is 0.278. The van der Waals surface area contributed by atoms with Gasteiger partial charge in [-0.25, -0.2) is 0 Å². The van der Waals surface area contributed by atoms with Gasteiger partial charge in [-0.15, -0.1) is 0 Å². The number of benzene rings is 2. The van der Waals surface area contributed by atoms with Gasteiger partial charge in [-0.2, -0.15) is 0 Å². The second-order valence-electron chi connectivity index (χ2n) is 5.70. The van der Waals surface area contributed by atoms with Gasteiger partial charge >= 0.3 is 0 Å². The molecular weight excluding hydrogens is 276 g/mol. The van der Waals surface area contributed by atoms with Crippen molar-refractivity contribution in [1.29, 1.82) is 0 Å². The van der Waals surface area contributed by atoms with Gasteiger partial charge in [0.1, 0.15) is 6.29 Å². The molecule has 0 radical (unpaired) electrons. The molecule has 2 aromatic rings. The summed E-state index contributed by atoms with van der Waals surface area (Å²) in [5, 5.41) is 1.28. The molecule has 1 unspecified atom stereocenters. The third kappa shape index (κ3) is 4.38. The van der Waals surface area contributed by atoms with Gasteiger partial charge in [0.05, 0.1) is 0 Å². The summed E-state index contributed by atoms with van der Waals surface area (Å²) in [6, 6.07) is 20.5. The summed E-state index contributed by atoms with van der Waals surface area (Å²) >= 11 is 0. The normalized spacial score (nSPS) is 12.9. The molecule has 1 atom stereocenters. The minimum Gasteiger partial charge on any atom is -0.412 e. The summed E-state index contributed by atoms with van der Waals surface area (Å²) in [5.74, 6) is 0.138. The van der Waals surface area contributed by atoms with Crippen LogP contribution in [0.5, 0.6) is 0 Å². The quantitative estimate of drug-likeness (QED) is 0.578. The Morgan fingerprint density at radius 3 is 2.14 bits per heavy atom. The van der Waals surface area contributed by atoms with Crippen molar-refractivity contribution in [3.05, 3.63) is 66.2 Å². The van der Waals surface area contributed by atoms with Crippen LogP contribution in [-0.2, 0) is 9.22 Å². The highest BCUT2D eigenvalue weighted by molar-refractivity contribution is 6.84.